The average Bonchev–Trinajstić information content (AvgIpc) is 2.49. The van der Waals surface area contributed by atoms with Gasteiger partial charge >= 0.3 is 5.69 Å². The van der Waals surface area contributed by atoms with Crippen LogP contribution in [0.5, 0.6) is 0 Å². The predicted octanol–water partition coefficient (Wildman–Crippen LogP) is 1.92. The topological polar surface area (TPSA) is 82.0 Å². The number of nitrogens with one attached hydrogen (secondary N) is 1. The first kappa shape index (κ1) is 17.3. The highest BCUT2D eigenvalue weighted by molar-refractivity contribution is 5.61. The van der Waals surface area contributed by atoms with E-state index < -0.39 is 0 Å². The fourth-order valence-corrected chi connectivity index (χ4v) is 2.16. The molecule has 0 saturated heterocycles. The molecule has 0 unspecified atom stereocenters. The maximum Gasteiger partial charge on any atom is 0.332 e. The van der Waals surface area contributed by atoms with Crippen molar-refractivity contribution in [1.82, 2.24) is 9.13 Å². The van der Waals surface area contributed by atoms with Gasteiger partial charge in [0.1, 0.15) is 11.5 Å². The maximum absolute atomic E-state index is 12.4. The molecule has 0 spiro atoms. The van der Waals surface area contributed by atoms with Gasteiger partial charge in [-0.3, -0.25) is 13.9 Å². The first-order chi connectivity index (χ1) is 9.81. The second-order valence-corrected chi connectivity index (χ2v) is 5.80. The zero-order valence-corrected chi connectivity index (χ0v) is 13.8. The van der Waals surface area contributed by atoms with E-state index in [2.05, 4.69) is 19.2 Å². The number of nitrogen functional groups attached to an aromatic ring is 1. The molecule has 120 valence electrons. The van der Waals surface area contributed by atoms with Gasteiger partial charge in [-0.15, -0.1) is 0 Å². The quantitative estimate of drug-likeness (QED) is 0.805. The van der Waals surface area contributed by atoms with E-state index in [1.165, 1.54) is 11.6 Å². The van der Waals surface area contributed by atoms with Crippen LogP contribution in [0.4, 0.5) is 11.5 Å². The molecule has 0 atom stereocenters. The first-order valence-electron chi connectivity index (χ1n) is 7.68. The minimum absolute atomic E-state index is 0.215. The summed E-state index contributed by atoms with van der Waals surface area (Å²) in [6, 6.07) is 0. The second kappa shape index (κ2) is 6.83. The minimum Gasteiger partial charge on any atom is -0.383 e. The van der Waals surface area contributed by atoms with Gasteiger partial charge in [0.15, 0.2) is 0 Å². The highest BCUT2D eigenvalue weighted by atomic mass is 16.2. The molecule has 0 aliphatic heterocycles. The Kier molecular flexibility index (Phi) is 5.63. The van der Waals surface area contributed by atoms with Crippen molar-refractivity contribution in [1.29, 1.82) is 0 Å². The van der Waals surface area contributed by atoms with E-state index in [0.717, 1.165) is 30.3 Å². The molecule has 21 heavy (non-hydrogen) atoms. The van der Waals surface area contributed by atoms with Crippen LogP contribution in [0.2, 0.25) is 0 Å². The molecule has 0 fully saturated rings. The number of hydrogen-bond acceptors (Lipinski definition) is 4. The molecule has 1 rings (SSSR count). The molecule has 0 bridgehead atoms. The van der Waals surface area contributed by atoms with Crippen LogP contribution < -0.4 is 22.3 Å². The van der Waals surface area contributed by atoms with Crippen LogP contribution in [0.25, 0.3) is 0 Å². The van der Waals surface area contributed by atoms with E-state index in [1.807, 2.05) is 13.8 Å². The fraction of sp³-hybridized carbons (Fsp3) is 0.733. The predicted molar refractivity (Wildman–Crippen MR) is 87.9 cm³/mol. The number of aromatic nitrogens is 2. The molecule has 1 aromatic rings. The number of hydrogen-bond donors (Lipinski definition) is 2. The Labute approximate surface area is 126 Å². The lowest BCUT2D eigenvalue weighted by Gasteiger charge is -2.30. The lowest BCUT2D eigenvalue weighted by Crippen LogP contribution is -2.44. The van der Waals surface area contributed by atoms with Gasteiger partial charge in [0.25, 0.3) is 5.56 Å². The molecule has 0 radical (unpaired) electrons. The van der Waals surface area contributed by atoms with Crippen LogP contribution in [0.3, 0.4) is 0 Å². The van der Waals surface area contributed by atoms with Gasteiger partial charge in [-0.2, -0.15) is 0 Å². The van der Waals surface area contributed by atoms with Gasteiger partial charge in [0.05, 0.1) is 0 Å². The third-order valence-electron chi connectivity index (χ3n) is 4.31. The van der Waals surface area contributed by atoms with Gasteiger partial charge in [-0.25, -0.2) is 4.79 Å². The summed E-state index contributed by atoms with van der Waals surface area (Å²) in [6.45, 7) is 8.74. The van der Waals surface area contributed by atoms with Crippen molar-refractivity contribution in [2.75, 3.05) is 11.1 Å². The summed E-state index contributed by atoms with van der Waals surface area (Å²) in [5.74, 6) is 0.240. The maximum atomic E-state index is 12.4. The van der Waals surface area contributed by atoms with Crippen molar-refractivity contribution in [3.05, 3.63) is 20.8 Å². The van der Waals surface area contributed by atoms with Crippen molar-refractivity contribution >= 4 is 11.5 Å². The Hall–Kier alpha value is -1.72. The summed E-state index contributed by atoms with van der Waals surface area (Å²) in [7, 11) is 1.49. The molecule has 0 saturated carbocycles. The number of nitrogens with two attached hydrogens (primary N) is 1. The van der Waals surface area contributed by atoms with Gasteiger partial charge < -0.3 is 11.1 Å². The van der Waals surface area contributed by atoms with Crippen molar-refractivity contribution in [3.63, 3.8) is 0 Å². The number of unbranched alkanes of at least 4 members (excludes halogenated alkanes) is 1. The molecule has 3 N–H and O–H groups in total. The van der Waals surface area contributed by atoms with Gasteiger partial charge in [0.2, 0.25) is 0 Å². The summed E-state index contributed by atoms with van der Waals surface area (Å²) < 4.78 is 2.61. The van der Waals surface area contributed by atoms with Crippen LogP contribution >= 0.6 is 0 Å². The zero-order valence-electron chi connectivity index (χ0n) is 13.8. The Morgan fingerprint density at radius 1 is 1.19 bits per heavy atom. The molecule has 1 heterocycles. The average molecular weight is 296 g/mol. The molecule has 0 aliphatic rings. The molecule has 6 nitrogen and oxygen atoms in total. The number of rotatable bonds is 7. The monoisotopic (exact) mass is 296 g/mol. The van der Waals surface area contributed by atoms with Crippen LogP contribution in [-0.2, 0) is 13.6 Å². The summed E-state index contributed by atoms with van der Waals surface area (Å²) in [6.07, 6.45) is 3.53. The lowest BCUT2D eigenvalue weighted by atomic mass is 9.95. The lowest BCUT2D eigenvalue weighted by molar-refractivity contribution is 0.475. The highest BCUT2D eigenvalue weighted by Crippen LogP contribution is 2.22. The van der Waals surface area contributed by atoms with Crippen molar-refractivity contribution in [2.45, 2.75) is 65.5 Å². The summed E-state index contributed by atoms with van der Waals surface area (Å²) >= 11 is 0. The molecule has 0 aliphatic carbocycles. The van der Waals surface area contributed by atoms with Crippen molar-refractivity contribution in [3.8, 4) is 0 Å². The Bertz CT molecular complexity index is 597. The van der Waals surface area contributed by atoms with Crippen LogP contribution in [-0.4, -0.2) is 14.7 Å². The standard InChI is InChI=1S/C15H28N4O2/c1-6-9-10-19-12(16)11(13(20)18(5)14(19)21)17-15(4,7-2)8-3/h17H,6-10,16H2,1-5H3. The van der Waals surface area contributed by atoms with E-state index in [-0.39, 0.29) is 22.6 Å². The Morgan fingerprint density at radius 2 is 1.76 bits per heavy atom. The van der Waals surface area contributed by atoms with E-state index in [1.54, 1.807) is 0 Å². The Balaban J connectivity index is 3.42. The number of anilines is 2. The largest absolute Gasteiger partial charge is 0.383 e. The van der Waals surface area contributed by atoms with Crippen LogP contribution in [0, 0.1) is 0 Å². The fourth-order valence-electron chi connectivity index (χ4n) is 2.16. The van der Waals surface area contributed by atoms with Crippen molar-refractivity contribution in [2.24, 2.45) is 7.05 Å². The van der Waals surface area contributed by atoms with E-state index >= 15 is 0 Å². The first-order valence-corrected chi connectivity index (χ1v) is 7.68. The highest BCUT2D eigenvalue weighted by Gasteiger charge is 2.24. The SMILES string of the molecule is CCCCn1c(N)c(NC(C)(CC)CC)c(=O)n(C)c1=O. The molecule has 6 heteroatoms. The second-order valence-electron chi connectivity index (χ2n) is 5.80. The van der Waals surface area contributed by atoms with E-state index in [4.69, 9.17) is 5.73 Å². The molecule has 0 aromatic carbocycles. The van der Waals surface area contributed by atoms with E-state index in [0.29, 0.717) is 12.2 Å². The molecule has 1 aromatic heterocycles. The van der Waals surface area contributed by atoms with Gasteiger partial charge in [-0.1, -0.05) is 27.2 Å². The Morgan fingerprint density at radius 3 is 2.24 bits per heavy atom. The zero-order chi connectivity index (χ0) is 16.2. The third-order valence-corrected chi connectivity index (χ3v) is 4.31. The number of nitrogens with zero attached hydrogens (tertiary/aromatic N) is 2. The van der Waals surface area contributed by atoms with Crippen LogP contribution in [0.1, 0.15) is 53.4 Å². The van der Waals surface area contributed by atoms with E-state index in [9.17, 15) is 9.59 Å². The summed E-state index contributed by atoms with van der Waals surface area (Å²) in [5.41, 5.74) is 5.50. The summed E-state index contributed by atoms with van der Waals surface area (Å²) in [4.78, 5) is 24.5. The van der Waals surface area contributed by atoms with Gasteiger partial charge in [0, 0.05) is 19.1 Å². The normalized spacial score (nSPS) is 11.7. The molecule has 0 amide bonds. The van der Waals surface area contributed by atoms with Crippen LogP contribution in [0.15, 0.2) is 9.59 Å². The third kappa shape index (κ3) is 3.49. The summed E-state index contributed by atoms with van der Waals surface area (Å²) in [5, 5.41) is 3.26. The minimum atomic E-state index is -0.363. The molecular formula is C15H28N4O2. The van der Waals surface area contributed by atoms with Crippen molar-refractivity contribution < 1.29 is 0 Å². The van der Waals surface area contributed by atoms with Gasteiger partial charge in [-0.05, 0) is 26.2 Å². The molecular weight excluding hydrogens is 268 g/mol. The smallest absolute Gasteiger partial charge is 0.332 e.